The fourth-order valence-corrected chi connectivity index (χ4v) is 3.02. The molecule has 25 heavy (non-hydrogen) atoms. The number of carbonyl (C=O) groups is 1. The molecule has 0 unspecified atom stereocenters. The van der Waals surface area contributed by atoms with E-state index in [1.165, 1.54) is 12.1 Å². The van der Waals surface area contributed by atoms with Crippen LogP contribution in [0.25, 0.3) is 11.0 Å². The first-order chi connectivity index (χ1) is 11.8. The number of hydrogen-bond donors (Lipinski definition) is 2. The first-order valence-electron chi connectivity index (χ1n) is 7.73. The lowest BCUT2D eigenvalue weighted by atomic mass is 10.1. The normalized spacial score (nSPS) is 11.6. The number of hydrogen-bond acceptors (Lipinski definition) is 4. The zero-order chi connectivity index (χ0) is 18.0. The highest BCUT2D eigenvalue weighted by Crippen LogP contribution is 2.20. The highest BCUT2D eigenvalue weighted by atomic mass is 32.2. The molecule has 1 heterocycles. The monoisotopic (exact) mass is 358 g/mol. The Morgan fingerprint density at radius 2 is 1.84 bits per heavy atom. The predicted octanol–water partition coefficient (Wildman–Crippen LogP) is 2.36. The zero-order valence-electron chi connectivity index (χ0n) is 13.7. The molecular weight excluding hydrogens is 340 g/mol. The minimum atomic E-state index is -3.69. The maximum absolute atomic E-state index is 12.2. The van der Waals surface area contributed by atoms with Gasteiger partial charge >= 0.3 is 0 Å². The number of nitrogens with two attached hydrogens (primary N) is 1. The second-order valence-corrected chi connectivity index (χ2v) is 7.41. The standard InChI is InChI=1S/C18H18N2O4S/c1-12-2-5-14-11-17(24-16(14)10-12)18(21)20-9-8-13-3-6-15(7-4-13)25(19,22)23/h2-7,10-11H,8-9H2,1H3,(H,20,21)(H2,19,22,23). The van der Waals surface area contributed by atoms with Gasteiger partial charge < -0.3 is 9.73 Å². The van der Waals surface area contributed by atoms with Gasteiger partial charge in [-0.05, 0) is 48.7 Å². The summed E-state index contributed by atoms with van der Waals surface area (Å²) in [4.78, 5) is 12.2. The highest BCUT2D eigenvalue weighted by Gasteiger charge is 2.12. The van der Waals surface area contributed by atoms with E-state index in [4.69, 9.17) is 9.56 Å². The Morgan fingerprint density at radius 3 is 2.52 bits per heavy atom. The largest absolute Gasteiger partial charge is 0.451 e. The second-order valence-electron chi connectivity index (χ2n) is 5.85. The molecule has 0 spiro atoms. The number of carbonyl (C=O) groups excluding carboxylic acids is 1. The van der Waals surface area contributed by atoms with E-state index >= 15 is 0 Å². The number of rotatable bonds is 5. The molecule has 0 aliphatic heterocycles. The Kier molecular flexibility index (Phi) is 4.61. The summed E-state index contributed by atoms with van der Waals surface area (Å²) in [7, 11) is -3.69. The van der Waals surface area contributed by atoms with Crippen LogP contribution in [0, 0.1) is 6.92 Å². The van der Waals surface area contributed by atoms with Crippen molar-refractivity contribution in [2.24, 2.45) is 5.14 Å². The van der Waals surface area contributed by atoms with Crippen LogP contribution in [0.5, 0.6) is 0 Å². The Morgan fingerprint density at radius 1 is 1.12 bits per heavy atom. The van der Waals surface area contributed by atoms with Crippen molar-refractivity contribution >= 4 is 26.9 Å². The Bertz CT molecular complexity index is 1020. The number of benzene rings is 2. The Hall–Kier alpha value is -2.64. The van der Waals surface area contributed by atoms with E-state index in [0.29, 0.717) is 18.5 Å². The van der Waals surface area contributed by atoms with Crippen molar-refractivity contribution in [2.75, 3.05) is 6.54 Å². The summed E-state index contributed by atoms with van der Waals surface area (Å²) in [6.45, 7) is 2.37. The van der Waals surface area contributed by atoms with E-state index in [1.807, 2.05) is 25.1 Å². The van der Waals surface area contributed by atoms with Crippen molar-refractivity contribution in [3.63, 3.8) is 0 Å². The van der Waals surface area contributed by atoms with Crippen molar-refractivity contribution in [1.82, 2.24) is 5.32 Å². The van der Waals surface area contributed by atoms with Gasteiger partial charge in [0.2, 0.25) is 10.0 Å². The van der Waals surface area contributed by atoms with Gasteiger partial charge in [-0.15, -0.1) is 0 Å². The molecule has 3 rings (SSSR count). The smallest absolute Gasteiger partial charge is 0.287 e. The third-order valence-electron chi connectivity index (χ3n) is 3.85. The molecule has 0 saturated carbocycles. The third-order valence-corrected chi connectivity index (χ3v) is 4.78. The number of primary sulfonamides is 1. The number of fused-ring (bicyclic) bond motifs is 1. The quantitative estimate of drug-likeness (QED) is 0.731. The van der Waals surface area contributed by atoms with Gasteiger partial charge in [0, 0.05) is 11.9 Å². The summed E-state index contributed by atoms with van der Waals surface area (Å²) in [5.41, 5.74) is 2.65. The van der Waals surface area contributed by atoms with Gasteiger partial charge in [-0.25, -0.2) is 13.6 Å². The van der Waals surface area contributed by atoms with Crippen LogP contribution in [0.15, 0.2) is 57.8 Å². The fourth-order valence-electron chi connectivity index (χ4n) is 2.50. The van der Waals surface area contributed by atoms with Gasteiger partial charge in [0.1, 0.15) is 5.58 Å². The molecule has 0 radical (unpaired) electrons. The number of amides is 1. The van der Waals surface area contributed by atoms with Gasteiger partial charge in [-0.3, -0.25) is 4.79 Å². The van der Waals surface area contributed by atoms with Gasteiger partial charge in [0.25, 0.3) is 5.91 Å². The number of aryl methyl sites for hydroxylation is 1. The minimum absolute atomic E-state index is 0.0675. The summed E-state index contributed by atoms with van der Waals surface area (Å²) in [6.07, 6.45) is 0.565. The van der Waals surface area contributed by atoms with E-state index in [9.17, 15) is 13.2 Å². The van der Waals surface area contributed by atoms with Crippen LogP contribution in [0.2, 0.25) is 0 Å². The number of furan rings is 1. The maximum atomic E-state index is 12.2. The van der Waals surface area contributed by atoms with Crippen LogP contribution in [-0.2, 0) is 16.4 Å². The molecule has 0 aliphatic rings. The molecule has 0 fully saturated rings. The summed E-state index contributed by atoms with van der Waals surface area (Å²) in [5, 5.41) is 8.73. The van der Waals surface area contributed by atoms with E-state index in [-0.39, 0.29) is 16.6 Å². The summed E-state index contributed by atoms with van der Waals surface area (Å²) in [5.74, 6) is -0.0137. The van der Waals surface area contributed by atoms with Crippen LogP contribution in [0.1, 0.15) is 21.7 Å². The fraction of sp³-hybridized carbons (Fsp3) is 0.167. The van der Waals surface area contributed by atoms with Crippen molar-refractivity contribution in [2.45, 2.75) is 18.2 Å². The Labute approximate surface area is 145 Å². The molecule has 2 aromatic carbocycles. The van der Waals surface area contributed by atoms with Crippen LogP contribution in [0.3, 0.4) is 0 Å². The molecule has 0 aliphatic carbocycles. The summed E-state index contributed by atoms with van der Waals surface area (Å²) in [6, 6.07) is 13.7. The van der Waals surface area contributed by atoms with Crippen molar-refractivity contribution in [1.29, 1.82) is 0 Å². The molecule has 0 saturated heterocycles. The maximum Gasteiger partial charge on any atom is 0.287 e. The highest BCUT2D eigenvalue weighted by molar-refractivity contribution is 7.89. The summed E-state index contributed by atoms with van der Waals surface area (Å²) < 4.78 is 28.0. The van der Waals surface area contributed by atoms with Crippen molar-refractivity contribution < 1.29 is 17.6 Å². The molecule has 1 amide bonds. The minimum Gasteiger partial charge on any atom is -0.451 e. The average Bonchev–Trinajstić information content (AvgIpc) is 2.97. The number of nitrogens with one attached hydrogen (secondary N) is 1. The molecule has 6 nitrogen and oxygen atoms in total. The molecule has 130 valence electrons. The Balaban J connectivity index is 1.60. The molecule has 3 N–H and O–H groups in total. The first-order valence-corrected chi connectivity index (χ1v) is 9.28. The molecule has 1 aromatic heterocycles. The van der Waals surface area contributed by atoms with Crippen LogP contribution in [0.4, 0.5) is 0 Å². The van der Waals surface area contributed by atoms with Gasteiger partial charge in [-0.2, -0.15) is 0 Å². The topological polar surface area (TPSA) is 102 Å². The van der Waals surface area contributed by atoms with Gasteiger partial charge in [-0.1, -0.05) is 24.3 Å². The molecule has 3 aromatic rings. The van der Waals surface area contributed by atoms with E-state index in [2.05, 4.69) is 5.32 Å². The zero-order valence-corrected chi connectivity index (χ0v) is 14.5. The van der Waals surface area contributed by atoms with Gasteiger partial charge in [0.05, 0.1) is 4.90 Å². The predicted molar refractivity (Wildman–Crippen MR) is 94.8 cm³/mol. The van der Waals surface area contributed by atoms with Gasteiger partial charge in [0.15, 0.2) is 5.76 Å². The summed E-state index contributed by atoms with van der Waals surface area (Å²) >= 11 is 0. The lowest BCUT2D eigenvalue weighted by Crippen LogP contribution is -2.25. The second kappa shape index (κ2) is 6.70. The average molecular weight is 358 g/mol. The van der Waals surface area contributed by atoms with E-state index in [1.54, 1.807) is 18.2 Å². The molecule has 7 heteroatoms. The lowest BCUT2D eigenvalue weighted by Gasteiger charge is -2.04. The SMILES string of the molecule is Cc1ccc2cc(C(=O)NCCc3ccc(S(N)(=O)=O)cc3)oc2c1. The van der Waals surface area contributed by atoms with E-state index in [0.717, 1.165) is 16.5 Å². The third kappa shape index (κ3) is 4.07. The van der Waals surface area contributed by atoms with Crippen molar-refractivity contribution in [3.8, 4) is 0 Å². The van der Waals surface area contributed by atoms with E-state index < -0.39 is 10.0 Å². The lowest BCUT2D eigenvalue weighted by molar-refractivity contribution is 0.0928. The first kappa shape index (κ1) is 17.2. The molecular formula is C18H18N2O4S. The van der Waals surface area contributed by atoms with Crippen LogP contribution < -0.4 is 10.5 Å². The van der Waals surface area contributed by atoms with Crippen LogP contribution in [-0.4, -0.2) is 20.9 Å². The number of sulfonamides is 1. The molecule has 0 bridgehead atoms. The van der Waals surface area contributed by atoms with Crippen LogP contribution >= 0.6 is 0 Å². The van der Waals surface area contributed by atoms with Crippen molar-refractivity contribution in [3.05, 3.63) is 65.4 Å². The molecule has 0 atom stereocenters.